The Bertz CT molecular complexity index is 599. The Hall–Kier alpha value is -1.97. The van der Waals surface area contributed by atoms with Gasteiger partial charge in [0.1, 0.15) is 5.75 Å². The molecule has 2 rings (SSSR count). The monoisotopic (exact) mass is 247 g/mol. The van der Waals surface area contributed by atoms with Gasteiger partial charge < -0.3 is 14.4 Å². The molecule has 0 radical (unpaired) electrons. The summed E-state index contributed by atoms with van der Waals surface area (Å²) in [6.45, 7) is 2.04. The molecule has 18 heavy (non-hydrogen) atoms. The second-order valence-corrected chi connectivity index (χ2v) is 4.29. The summed E-state index contributed by atoms with van der Waals surface area (Å²) in [4.78, 5) is 11.0. The third kappa shape index (κ3) is 1.94. The van der Waals surface area contributed by atoms with E-state index >= 15 is 0 Å². The first-order chi connectivity index (χ1) is 8.58. The number of carboxylic acid groups (broad SMARTS) is 1. The molecular formula is C14H17NO3. The molecule has 2 aromatic rings. The number of nitrogens with zero attached hydrogens (tertiary/aromatic N) is 1. The molecule has 0 fully saturated rings. The lowest BCUT2D eigenvalue weighted by atomic mass is 10.1. The Balaban J connectivity index is 2.73. The summed E-state index contributed by atoms with van der Waals surface area (Å²) in [7, 11) is 3.58. The molecule has 4 nitrogen and oxygen atoms in total. The van der Waals surface area contributed by atoms with Crippen LogP contribution >= 0.6 is 0 Å². The second kappa shape index (κ2) is 4.72. The lowest BCUT2D eigenvalue weighted by Crippen LogP contribution is -2.04. The highest BCUT2D eigenvalue weighted by Gasteiger charge is 2.16. The lowest BCUT2D eigenvalue weighted by Gasteiger charge is -2.02. The highest BCUT2D eigenvalue weighted by molar-refractivity contribution is 5.90. The van der Waals surface area contributed by atoms with Gasteiger partial charge in [0.15, 0.2) is 0 Å². The molecule has 0 spiro atoms. The average Bonchev–Trinajstić information content (AvgIpc) is 2.61. The van der Waals surface area contributed by atoms with Crippen molar-refractivity contribution in [2.75, 3.05) is 7.11 Å². The number of fused-ring (bicyclic) bond motifs is 1. The van der Waals surface area contributed by atoms with Gasteiger partial charge in [-0.05, 0) is 30.2 Å². The number of carboxylic acids is 1. The van der Waals surface area contributed by atoms with Gasteiger partial charge >= 0.3 is 5.97 Å². The number of carbonyl (C=O) groups is 1. The fourth-order valence-corrected chi connectivity index (χ4v) is 2.48. The van der Waals surface area contributed by atoms with Crippen LogP contribution in [0.15, 0.2) is 18.2 Å². The summed E-state index contributed by atoms with van der Waals surface area (Å²) in [6, 6.07) is 5.78. The minimum absolute atomic E-state index is 0.0493. The summed E-state index contributed by atoms with van der Waals surface area (Å²) < 4.78 is 7.27. The standard InChI is InChI=1S/C14H17NO3/c1-4-12-11(8-14(16)17)10-7-9(18-3)5-6-13(10)15(12)2/h5-7H,4,8H2,1-3H3,(H,16,17). The van der Waals surface area contributed by atoms with Gasteiger partial charge in [0.25, 0.3) is 0 Å². The zero-order valence-electron chi connectivity index (χ0n) is 10.9. The molecule has 0 saturated heterocycles. The van der Waals surface area contributed by atoms with Crippen LogP contribution in [-0.4, -0.2) is 22.8 Å². The lowest BCUT2D eigenvalue weighted by molar-refractivity contribution is -0.136. The number of hydrogen-bond donors (Lipinski definition) is 1. The minimum atomic E-state index is -0.806. The number of aryl methyl sites for hydroxylation is 1. The molecule has 0 amide bonds. The summed E-state index contributed by atoms with van der Waals surface area (Å²) in [5, 5.41) is 10.0. The number of rotatable bonds is 4. The van der Waals surface area contributed by atoms with Gasteiger partial charge in [-0.25, -0.2) is 0 Å². The van der Waals surface area contributed by atoms with Crippen molar-refractivity contribution in [3.63, 3.8) is 0 Å². The van der Waals surface area contributed by atoms with Crippen molar-refractivity contribution >= 4 is 16.9 Å². The van der Waals surface area contributed by atoms with E-state index in [0.29, 0.717) is 0 Å². The van der Waals surface area contributed by atoms with Gasteiger partial charge in [-0.3, -0.25) is 4.79 Å². The Morgan fingerprint density at radius 1 is 1.44 bits per heavy atom. The van der Waals surface area contributed by atoms with Crippen LogP contribution < -0.4 is 4.74 Å². The van der Waals surface area contributed by atoms with Crippen LogP contribution in [0.5, 0.6) is 5.75 Å². The maximum atomic E-state index is 11.0. The average molecular weight is 247 g/mol. The molecule has 1 aromatic carbocycles. The largest absolute Gasteiger partial charge is 0.497 e. The van der Waals surface area contributed by atoms with Gasteiger partial charge in [-0.2, -0.15) is 0 Å². The Labute approximate surface area is 106 Å². The third-order valence-electron chi connectivity index (χ3n) is 3.31. The fourth-order valence-electron chi connectivity index (χ4n) is 2.48. The molecule has 1 heterocycles. The number of benzene rings is 1. The van der Waals surface area contributed by atoms with Crippen molar-refractivity contribution in [3.8, 4) is 5.75 Å². The first-order valence-electron chi connectivity index (χ1n) is 5.94. The number of hydrogen-bond acceptors (Lipinski definition) is 2. The highest BCUT2D eigenvalue weighted by atomic mass is 16.5. The van der Waals surface area contributed by atoms with E-state index in [-0.39, 0.29) is 6.42 Å². The Morgan fingerprint density at radius 3 is 2.72 bits per heavy atom. The molecule has 0 aliphatic heterocycles. The Kier molecular flexibility index (Phi) is 3.28. The van der Waals surface area contributed by atoms with E-state index in [0.717, 1.165) is 34.3 Å². The van der Waals surface area contributed by atoms with Gasteiger partial charge in [0.05, 0.1) is 13.5 Å². The van der Waals surface area contributed by atoms with E-state index in [2.05, 4.69) is 4.57 Å². The summed E-state index contributed by atoms with van der Waals surface area (Å²) >= 11 is 0. The molecule has 4 heteroatoms. The van der Waals surface area contributed by atoms with Gasteiger partial charge in [0, 0.05) is 23.6 Å². The van der Waals surface area contributed by atoms with E-state index in [1.165, 1.54) is 0 Å². The highest BCUT2D eigenvalue weighted by Crippen LogP contribution is 2.29. The molecule has 1 aromatic heterocycles. The van der Waals surface area contributed by atoms with Crippen LogP contribution in [0.25, 0.3) is 10.9 Å². The second-order valence-electron chi connectivity index (χ2n) is 4.29. The summed E-state index contributed by atoms with van der Waals surface area (Å²) in [6.07, 6.45) is 0.865. The van der Waals surface area contributed by atoms with Crippen molar-refractivity contribution in [2.24, 2.45) is 7.05 Å². The summed E-state index contributed by atoms with van der Waals surface area (Å²) in [5.74, 6) is -0.0533. The number of aromatic nitrogens is 1. The van der Waals surface area contributed by atoms with Crippen molar-refractivity contribution in [1.29, 1.82) is 0 Å². The van der Waals surface area contributed by atoms with Gasteiger partial charge in [-0.1, -0.05) is 6.92 Å². The number of aliphatic carboxylic acids is 1. The number of ether oxygens (including phenoxy) is 1. The topological polar surface area (TPSA) is 51.5 Å². The third-order valence-corrected chi connectivity index (χ3v) is 3.31. The first-order valence-corrected chi connectivity index (χ1v) is 5.94. The maximum absolute atomic E-state index is 11.0. The maximum Gasteiger partial charge on any atom is 0.307 e. The fraction of sp³-hybridized carbons (Fsp3) is 0.357. The zero-order chi connectivity index (χ0) is 13.3. The molecule has 0 bridgehead atoms. The molecule has 0 atom stereocenters. The van der Waals surface area contributed by atoms with Crippen LogP contribution in [0.2, 0.25) is 0 Å². The molecule has 0 saturated carbocycles. The molecule has 96 valence electrons. The van der Waals surface area contributed by atoms with E-state index in [9.17, 15) is 4.79 Å². The quantitative estimate of drug-likeness (QED) is 0.902. The molecule has 0 aliphatic carbocycles. The Morgan fingerprint density at radius 2 is 2.17 bits per heavy atom. The van der Waals surface area contributed by atoms with Crippen molar-refractivity contribution < 1.29 is 14.6 Å². The summed E-state index contributed by atoms with van der Waals surface area (Å²) in [5.41, 5.74) is 3.01. The molecule has 0 aliphatic rings. The van der Waals surface area contributed by atoms with Crippen LogP contribution in [-0.2, 0) is 24.7 Å². The number of methoxy groups -OCH3 is 1. The van der Waals surface area contributed by atoms with Crippen molar-refractivity contribution in [2.45, 2.75) is 19.8 Å². The van der Waals surface area contributed by atoms with Crippen LogP contribution in [0, 0.1) is 0 Å². The van der Waals surface area contributed by atoms with Gasteiger partial charge in [0.2, 0.25) is 0 Å². The predicted octanol–water partition coefficient (Wildman–Crippen LogP) is 2.38. The van der Waals surface area contributed by atoms with Crippen LogP contribution in [0.3, 0.4) is 0 Å². The molecule has 0 unspecified atom stereocenters. The predicted molar refractivity (Wildman–Crippen MR) is 70.2 cm³/mol. The smallest absolute Gasteiger partial charge is 0.307 e. The van der Waals surface area contributed by atoms with Crippen molar-refractivity contribution in [3.05, 3.63) is 29.5 Å². The minimum Gasteiger partial charge on any atom is -0.497 e. The normalized spacial score (nSPS) is 10.8. The van der Waals surface area contributed by atoms with E-state index in [4.69, 9.17) is 9.84 Å². The zero-order valence-corrected chi connectivity index (χ0v) is 10.9. The SMILES string of the molecule is CCc1c(CC(=O)O)c2cc(OC)ccc2n1C. The van der Waals surface area contributed by atoms with E-state index in [1.54, 1.807) is 7.11 Å². The molecule has 1 N–H and O–H groups in total. The first kappa shape index (κ1) is 12.5. The van der Waals surface area contributed by atoms with Crippen LogP contribution in [0.4, 0.5) is 0 Å². The van der Waals surface area contributed by atoms with E-state index < -0.39 is 5.97 Å². The van der Waals surface area contributed by atoms with Gasteiger partial charge in [-0.15, -0.1) is 0 Å². The van der Waals surface area contributed by atoms with E-state index in [1.807, 2.05) is 32.2 Å². The molecular weight excluding hydrogens is 230 g/mol. The van der Waals surface area contributed by atoms with Crippen molar-refractivity contribution in [1.82, 2.24) is 4.57 Å². The van der Waals surface area contributed by atoms with Crippen LogP contribution in [0.1, 0.15) is 18.2 Å².